The molecule has 0 unspecified atom stereocenters. The van der Waals surface area contributed by atoms with Crippen molar-refractivity contribution in [3.8, 4) is 11.1 Å². The lowest BCUT2D eigenvalue weighted by Gasteiger charge is -2.35. The Kier molecular flexibility index (Phi) is 3.89. The summed E-state index contributed by atoms with van der Waals surface area (Å²) in [7, 11) is 0. The number of ether oxygens (including phenoxy) is 1. The molecule has 0 spiro atoms. The van der Waals surface area contributed by atoms with E-state index in [1.165, 1.54) is 22.4 Å². The van der Waals surface area contributed by atoms with Gasteiger partial charge in [0, 0.05) is 24.7 Å². The van der Waals surface area contributed by atoms with Crippen LogP contribution >= 0.6 is 0 Å². The van der Waals surface area contributed by atoms with Gasteiger partial charge in [-0.05, 0) is 11.0 Å². The first kappa shape index (κ1) is 15.4. The predicted octanol–water partition coefficient (Wildman–Crippen LogP) is 4.48. The molecule has 1 aromatic heterocycles. The highest BCUT2D eigenvalue weighted by atomic mass is 16.5. The van der Waals surface area contributed by atoms with Crippen LogP contribution in [0.25, 0.3) is 16.8 Å². The van der Waals surface area contributed by atoms with E-state index < -0.39 is 0 Å². The Bertz CT molecular complexity index is 759. The van der Waals surface area contributed by atoms with E-state index in [1.807, 2.05) is 6.26 Å². The number of rotatable bonds is 2. The molecular formula is C21H24NO2+. The second kappa shape index (κ2) is 6.06. The molecule has 1 fully saturated rings. The lowest BCUT2D eigenvalue weighted by atomic mass is 9.78. The Hall–Kier alpha value is -2.13. The van der Waals surface area contributed by atoms with E-state index in [2.05, 4.69) is 61.2 Å². The monoisotopic (exact) mass is 322 g/mol. The van der Waals surface area contributed by atoms with Crippen LogP contribution in [-0.2, 0) is 11.2 Å². The standard InChI is InChI=1S/C21H24NO2/c1-21(2)14-18(22-9-12-23-13-10-22)20-17(8-11-24-19(20)15-21)16-6-4-3-5-7-16/h3-8,11,14H,9-10,12-13,15H2,1-2H3/q+1. The van der Waals surface area contributed by atoms with Crippen molar-refractivity contribution in [1.82, 2.24) is 4.90 Å². The normalized spacial score (nSPS) is 19.6. The fourth-order valence-electron chi connectivity index (χ4n) is 3.71. The van der Waals surface area contributed by atoms with Gasteiger partial charge in [-0.25, -0.2) is 4.42 Å². The largest absolute Gasteiger partial charge is 0.378 e. The van der Waals surface area contributed by atoms with Gasteiger partial charge in [0.25, 0.3) is 0 Å². The molecule has 3 nitrogen and oxygen atoms in total. The Morgan fingerprint density at radius 1 is 1.04 bits per heavy atom. The molecule has 0 amide bonds. The van der Waals surface area contributed by atoms with Crippen LogP contribution in [0.5, 0.6) is 0 Å². The van der Waals surface area contributed by atoms with Gasteiger partial charge in [0.2, 0.25) is 0 Å². The molecule has 24 heavy (non-hydrogen) atoms. The van der Waals surface area contributed by atoms with E-state index >= 15 is 0 Å². The van der Waals surface area contributed by atoms with Gasteiger partial charge in [0.1, 0.15) is 5.56 Å². The Morgan fingerprint density at radius 3 is 2.54 bits per heavy atom. The molecule has 0 N–H and O–H groups in total. The highest BCUT2D eigenvalue weighted by molar-refractivity contribution is 5.82. The number of nitrogens with zero attached hydrogens (tertiary/aromatic N) is 1. The van der Waals surface area contributed by atoms with Crippen molar-refractivity contribution in [2.45, 2.75) is 20.3 Å². The third-order valence-corrected chi connectivity index (χ3v) is 4.83. The molecule has 0 radical (unpaired) electrons. The molecular weight excluding hydrogens is 298 g/mol. The van der Waals surface area contributed by atoms with E-state index in [9.17, 15) is 0 Å². The summed E-state index contributed by atoms with van der Waals surface area (Å²) in [5, 5.41) is 0. The third-order valence-electron chi connectivity index (χ3n) is 4.83. The summed E-state index contributed by atoms with van der Waals surface area (Å²) in [5.74, 6) is 1.09. The molecule has 0 atom stereocenters. The van der Waals surface area contributed by atoms with Crippen LogP contribution in [0, 0.1) is 5.41 Å². The number of hydrogen-bond donors (Lipinski definition) is 0. The third kappa shape index (κ3) is 2.84. The Morgan fingerprint density at radius 2 is 1.79 bits per heavy atom. The summed E-state index contributed by atoms with van der Waals surface area (Å²) in [4.78, 5) is 2.45. The molecule has 0 saturated carbocycles. The molecule has 1 saturated heterocycles. The maximum atomic E-state index is 5.97. The average Bonchev–Trinajstić information content (AvgIpc) is 2.61. The minimum Gasteiger partial charge on any atom is -0.378 e. The van der Waals surface area contributed by atoms with Gasteiger partial charge in [0.15, 0.2) is 0 Å². The van der Waals surface area contributed by atoms with Crippen LogP contribution in [0.4, 0.5) is 0 Å². The van der Waals surface area contributed by atoms with Crippen molar-refractivity contribution in [2.75, 3.05) is 26.3 Å². The summed E-state index contributed by atoms with van der Waals surface area (Å²) in [6.07, 6.45) is 5.18. The van der Waals surface area contributed by atoms with E-state index in [-0.39, 0.29) is 5.41 Å². The molecule has 1 aliphatic carbocycles. The maximum absolute atomic E-state index is 5.97. The van der Waals surface area contributed by atoms with Crippen molar-refractivity contribution in [2.24, 2.45) is 5.41 Å². The number of allylic oxidation sites excluding steroid dienone is 1. The zero-order valence-electron chi connectivity index (χ0n) is 14.4. The fraction of sp³-hybridized carbons (Fsp3) is 0.381. The molecule has 1 aliphatic heterocycles. The summed E-state index contributed by atoms with van der Waals surface area (Å²) in [5.41, 5.74) is 5.14. The molecule has 2 aliphatic rings. The predicted molar refractivity (Wildman–Crippen MR) is 96.4 cm³/mol. The second-order valence-electron chi connectivity index (χ2n) is 7.29. The highest BCUT2D eigenvalue weighted by Crippen LogP contribution is 2.42. The zero-order chi connectivity index (χ0) is 16.6. The smallest absolute Gasteiger partial charge is 0.339 e. The van der Waals surface area contributed by atoms with Gasteiger partial charge in [-0.1, -0.05) is 50.3 Å². The van der Waals surface area contributed by atoms with E-state index in [0.717, 1.165) is 38.5 Å². The van der Waals surface area contributed by atoms with Crippen LogP contribution in [0.1, 0.15) is 25.2 Å². The summed E-state index contributed by atoms with van der Waals surface area (Å²) in [6.45, 7) is 8.01. The van der Waals surface area contributed by atoms with E-state index in [1.54, 1.807) is 0 Å². The molecule has 124 valence electrons. The first-order valence-electron chi connectivity index (χ1n) is 8.69. The van der Waals surface area contributed by atoms with Gasteiger partial charge in [-0.2, -0.15) is 0 Å². The van der Waals surface area contributed by atoms with Gasteiger partial charge < -0.3 is 9.64 Å². The zero-order valence-corrected chi connectivity index (χ0v) is 14.4. The first-order valence-corrected chi connectivity index (χ1v) is 8.69. The molecule has 4 rings (SSSR count). The van der Waals surface area contributed by atoms with E-state index in [0.29, 0.717) is 0 Å². The fourth-order valence-corrected chi connectivity index (χ4v) is 3.71. The molecule has 2 aromatic rings. The van der Waals surface area contributed by atoms with Crippen LogP contribution in [-0.4, -0.2) is 31.2 Å². The minimum absolute atomic E-state index is 0.0967. The lowest BCUT2D eigenvalue weighted by molar-refractivity contribution is 0.0632. The van der Waals surface area contributed by atoms with Crippen LogP contribution < -0.4 is 0 Å². The maximum Gasteiger partial charge on any atom is 0.339 e. The number of hydrogen-bond acceptors (Lipinski definition) is 2. The highest BCUT2D eigenvalue weighted by Gasteiger charge is 2.37. The van der Waals surface area contributed by atoms with Gasteiger partial charge >= 0.3 is 12.0 Å². The molecule has 3 heteroatoms. The summed E-state index contributed by atoms with van der Waals surface area (Å²) >= 11 is 0. The van der Waals surface area contributed by atoms with Gasteiger partial charge in [-0.15, -0.1) is 0 Å². The number of morpholine rings is 1. The lowest BCUT2D eigenvalue weighted by Crippen LogP contribution is -2.37. The van der Waals surface area contributed by atoms with Gasteiger partial charge in [0.05, 0.1) is 25.3 Å². The minimum atomic E-state index is 0.0967. The van der Waals surface area contributed by atoms with Crippen LogP contribution in [0.15, 0.2) is 53.2 Å². The van der Waals surface area contributed by atoms with Crippen molar-refractivity contribution in [3.05, 3.63) is 60.1 Å². The number of benzene rings is 1. The Balaban J connectivity index is 1.88. The first-order chi connectivity index (χ1) is 11.6. The molecule has 2 heterocycles. The van der Waals surface area contributed by atoms with Crippen LogP contribution in [0.2, 0.25) is 0 Å². The van der Waals surface area contributed by atoms with Gasteiger partial charge in [-0.3, -0.25) is 0 Å². The van der Waals surface area contributed by atoms with Crippen LogP contribution in [0.3, 0.4) is 0 Å². The molecule has 1 aromatic carbocycles. The second-order valence-corrected chi connectivity index (χ2v) is 7.29. The average molecular weight is 322 g/mol. The summed E-state index contributed by atoms with van der Waals surface area (Å²) in [6, 6.07) is 12.7. The number of fused-ring (bicyclic) bond motifs is 1. The molecule has 0 bridgehead atoms. The van der Waals surface area contributed by atoms with Crippen molar-refractivity contribution >= 4 is 5.70 Å². The summed E-state index contributed by atoms with van der Waals surface area (Å²) < 4.78 is 11.5. The Labute approximate surface area is 143 Å². The van der Waals surface area contributed by atoms with E-state index in [4.69, 9.17) is 9.15 Å². The van der Waals surface area contributed by atoms with Crippen molar-refractivity contribution < 1.29 is 9.15 Å². The quantitative estimate of drug-likeness (QED) is 0.762. The van der Waals surface area contributed by atoms with Crippen molar-refractivity contribution in [1.29, 1.82) is 0 Å². The SMILES string of the molecule is CC1(C)C=C(N2CCOCC2)c2c(-c3ccccc3)cc[o+]c2C1. The topological polar surface area (TPSA) is 23.8 Å². The van der Waals surface area contributed by atoms with Crippen molar-refractivity contribution in [3.63, 3.8) is 0 Å².